The fourth-order valence-electron chi connectivity index (χ4n) is 2.02. The third-order valence-electron chi connectivity index (χ3n) is 2.81. The minimum absolute atomic E-state index is 0.0286. The van der Waals surface area contributed by atoms with Crippen molar-refractivity contribution in [1.82, 2.24) is 4.40 Å². The van der Waals surface area contributed by atoms with Crippen LogP contribution in [0.25, 0.3) is 15.0 Å². The van der Waals surface area contributed by atoms with Crippen molar-refractivity contribution in [1.29, 1.82) is 0 Å². The van der Waals surface area contributed by atoms with Gasteiger partial charge in [0.2, 0.25) is 0 Å². The molecule has 0 atom stereocenters. The number of para-hydroxylation sites is 1. The largest absolute Gasteiger partial charge is 0.392 e. The lowest BCUT2D eigenvalue weighted by Gasteiger charge is -1.94. The van der Waals surface area contributed by atoms with Crippen molar-refractivity contribution in [2.45, 2.75) is 13.2 Å². The van der Waals surface area contributed by atoms with Gasteiger partial charge in [0.05, 0.1) is 23.4 Å². The maximum atomic E-state index is 9.34. The van der Waals surface area contributed by atoms with E-state index < -0.39 is 0 Å². The van der Waals surface area contributed by atoms with Crippen LogP contribution in [0.1, 0.15) is 11.1 Å². The van der Waals surface area contributed by atoms with Crippen LogP contribution in [0.3, 0.4) is 0 Å². The van der Waals surface area contributed by atoms with Crippen LogP contribution < -0.4 is 0 Å². The molecule has 2 aromatic heterocycles. The molecule has 0 fully saturated rings. The lowest BCUT2D eigenvalue weighted by atomic mass is 10.2. The monoisotopic (exact) mass is 233 g/mol. The first-order valence-corrected chi connectivity index (χ1v) is 5.89. The van der Waals surface area contributed by atoms with Crippen molar-refractivity contribution in [3.63, 3.8) is 0 Å². The van der Waals surface area contributed by atoms with Crippen LogP contribution in [0.2, 0.25) is 0 Å². The van der Waals surface area contributed by atoms with Crippen molar-refractivity contribution in [3.05, 3.63) is 41.6 Å². The SMILES string of the molecule is OCc1cn2c(sc3ccccc32)c1CO. The number of hydrogen-bond donors (Lipinski definition) is 2. The third kappa shape index (κ3) is 1.21. The Labute approximate surface area is 96.2 Å². The molecule has 0 amide bonds. The molecule has 2 heterocycles. The van der Waals surface area contributed by atoms with Crippen LogP contribution in [0.4, 0.5) is 0 Å². The summed E-state index contributed by atoms with van der Waals surface area (Å²) in [6.07, 6.45) is 1.90. The van der Waals surface area contributed by atoms with E-state index in [2.05, 4.69) is 6.07 Å². The molecule has 2 N–H and O–H groups in total. The minimum Gasteiger partial charge on any atom is -0.392 e. The van der Waals surface area contributed by atoms with E-state index in [4.69, 9.17) is 0 Å². The van der Waals surface area contributed by atoms with E-state index in [9.17, 15) is 10.2 Å². The Hall–Kier alpha value is -1.36. The quantitative estimate of drug-likeness (QED) is 0.712. The summed E-state index contributed by atoms with van der Waals surface area (Å²) in [5.41, 5.74) is 2.76. The first-order chi connectivity index (χ1) is 7.85. The van der Waals surface area contributed by atoms with Crippen molar-refractivity contribution < 1.29 is 10.2 Å². The van der Waals surface area contributed by atoms with Crippen molar-refractivity contribution in [2.24, 2.45) is 0 Å². The van der Waals surface area contributed by atoms with Crippen LogP contribution in [0.15, 0.2) is 30.5 Å². The smallest absolute Gasteiger partial charge is 0.106 e. The van der Waals surface area contributed by atoms with E-state index in [0.29, 0.717) is 0 Å². The molecule has 82 valence electrons. The Morgan fingerprint density at radius 2 is 1.94 bits per heavy atom. The maximum Gasteiger partial charge on any atom is 0.106 e. The molecule has 0 saturated heterocycles. The number of thiazole rings is 1. The van der Waals surface area contributed by atoms with Crippen LogP contribution >= 0.6 is 11.3 Å². The van der Waals surface area contributed by atoms with Gasteiger partial charge < -0.3 is 14.6 Å². The van der Waals surface area contributed by atoms with E-state index in [1.807, 2.05) is 28.8 Å². The fraction of sp³-hybridized carbons (Fsp3) is 0.167. The van der Waals surface area contributed by atoms with Gasteiger partial charge in [-0.25, -0.2) is 0 Å². The zero-order valence-electron chi connectivity index (χ0n) is 8.55. The third-order valence-corrected chi connectivity index (χ3v) is 4.01. The molecule has 0 radical (unpaired) electrons. The van der Waals surface area contributed by atoms with Crippen molar-refractivity contribution in [2.75, 3.05) is 0 Å². The van der Waals surface area contributed by atoms with Crippen LogP contribution in [0.5, 0.6) is 0 Å². The van der Waals surface area contributed by atoms with Crippen molar-refractivity contribution >= 4 is 26.4 Å². The summed E-state index contributed by atoms with van der Waals surface area (Å²) in [4.78, 5) is 1.02. The number of aliphatic hydroxyl groups is 2. The number of hydrogen-bond acceptors (Lipinski definition) is 3. The number of benzene rings is 1. The molecule has 3 aromatic rings. The average molecular weight is 233 g/mol. The second-order valence-electron chi connectivity index (χ2n) is 3.69. The average Bonchev–Trinajstić information content (AvgIpc) is 2.83. The van der Waals surface area contributed by atoms with E-state index in [1.54, 1.807) is 11.3 Å². The van der Waals surface area contributed by atoms with Gasteiger partial charge in [0.25, 0.3) is 0 Å². The standard InChI is InChI=1S/C12H11NO2S/c14-6-8-5-13-10-3-1-2-4-11(10)16-12(13)9(8)7-15/h1-5,14-15H,6-7H2. The van der Waals surface area contributed by atoms with Gasteiger partial charge in [-0.3, -0.25) is 0 Å². The normalized spacial score (nSPS) is 11.6. The highest BCUT2D eigenvalue weighted by molar-refractivity contribution is 7.24. The van der Waals surface area contributed by atoms with Gasteiger partial charge in [0.1, 0.15) is 4.83 Å². The number of aliphatic hydroxyl groups excluding tert-OH is 2. The van der Waals surface area contributed by atoms with Gasteiger partial charge >= 0.3 is 0 Å². The van der Waals surface area contributed by atoms with E-state index in [-0.39, 0.29) is 13.2 Å². The highest BCUT2D eigenvalue weighted by Crippen LogP contribution is 2.31. The fourth-order valence-corrected chi connectivity index (χ4v) is 3.21. The highest BCUT2D eigenvalue weighted by Gasteiger charge is 2.13. The van der Waals surface area contributed by atoms with Gasteiger partial charge in [-0.15, -0.1) is 11.3 Å². The summed E-state index contributed by atoms with van der Waals surface area (Å²) in [7, 11) is 0. The number of nitrogens with zero attached hydrogens (tertiary/aromatic N) is 1. The number of rotatable bonds is 2. The van der Waals surface area contributed by atoms with Crippen molar-refractivity contribution in [3.8, 4) is 0 Å². The Morgan fingerprint density at radius 1 is 1.12 bits per heavy atom. The summed E-state index contributed by atoms with van der Waals surface area (Å²) in [6.45, 7) is -0.0577. The zero-order chi connectivity index (χ0) is 11.1. The predicted molar refractivity (Wildman–Crippen MR) is 64.6 cm³/mol. The molecule has 0 aliphatic rings. The van der Waals surface area contributed by atoms with Gasteiger partial charge in [-0.05, 0) is 12.1 Å². The minimum atomic E-state index is -0.0291. The molecule has 0 bridgehead atoms. The molecular formula is C12H11NO2S. The molecule has 1 aromatic carbocycles. The second-order valence-corrected chi connectivity index (χ2v) is 4.72. The highest BCUT2D eigenvalue weighted by atomic mass is 32.1. The van der Waals surface area contributed by atoms with Crippen LogP contribution in [-0.2, 0) is 13.2 Å². The molecule has 0 aliphatic carbocycles. The van der Waals surface area contributed by atoms with E-state index >= 15 is 0 Å². The lowest BCUT2D eigenvalue weighted by molar-refractivity contribution is 0.262. The topological polar surface area (TPSA) is 44.9 Å². The molecule has 0 unspecified atom stereocenters. The Balaban J connectivity index is 2.45. The zero-order valence-corrected chi connectivity index (χ0v) is 9.37. The molecule has 0 spiro atoms. The number of fused-ring (bicyclic) bond motifs is 3. The van der Waals surface area contributed by atoms with Gasteiger partial charge in [-0.1, -0.05) is 12.1 Å². The lowest BCUT2D eigenvalue weighted by Crippen LogP contribution is -1.87. The molecule has 4 heteroatoms. The molecule has 3 rings (SSSR count). The first-order valence-electron chi connectivity index (χ1n) is 5.07. The predicted octanol–water partition coefficient (Wildman–Crippen LogP) is 2.14. The van der Waals surface area contributed by atoms with Crippen LogP contribution in [0, 0.1) is 0 Å². The second kappa shape index (κ2) is 3.59. The summed E-state index contributed by atoms with van der Waals surface area (Å²) in [5.74, 6) is 0. The van der Waals surface area contributed by atoms with E-state index in [1.165, 1.54) is 4.70 Å². The van der Waals surface area contributed by atoms with E-state index in [0.717, 1.165) is 21.5 Å². The molecular weight excluding hydrogens is 222 g/mol. The van der Waals surface area contributed by atoms with Gasteiger partial charge in [0, 0.05) is 17.3 Å². The van der Waals surface area contributed by atoms with Crippen LogP contribution in [-0.4, -0.2) is 14.6 Å². The summed E-state index contributed by atoms with van der Waals surface area (Å²) in [5, 5.41) is 18.6. The van der Waals surface area contributed by atoms with Gasteiger partial charge in [0.15, 0.2) is 0 Å². The Bertz CT molecular complexity index is 653. The Morgan fingerprint density at radius 3 is 2.69 bits per heavy atom. The maximum absolute atomic E-state index is 9.34. The number of aromatic nitrogens is 1. The molecule has 0 saturated carbocycles. The molecule has 0 aliphatic heterocycles. The summed E-state index contributed by atoms with van der Waals surface area (Å²) < 4.78 is 3.23. The van der Waals surface area contributed by atoms with Gasteiger partial charge in [-0.2, -0.15) is 0 Å². The summed E-state index contributed by atoms with van der Waals surface area (Å²) >= 11 is 1.64. The molecule has 3 nitrogen and oxygen atoms in total. The summed E-state index contributed by atoms with van der Waals surface area (Å²) in [6, 6.07) is 8.10. The molecule has 16 heavy (non-hydrogen) atoms. The Kier molecular flexibility index (Phi) is 2.21. The first kappa shape index (κ1) is 9.84.